The van der Waals surface area contributed by atoms with E-state index < -0.39 is 0 Å². The van der Waals surface area contributed by atoms with Crippen LogP contribution in [-0.4, -0.2) is 12.6 Å². The molecule has 3 aliphatic rings. The Labute approximate surface area is 140 Å². The number of benzene rings is 2. The fraction of sp³-hybridized carbons (Fsp3) is 0.250. The summed E-state index contributed by atoms with van der Waals surface area (Å²) in [6.45, 7) is 0.250. The second-order valence-electron chi connectivity index (χ2n) is 6.43. The van der Waals surface area contributed by atoms with E-state index in [0.29, 0.717) is 6.42 Å². The highest BCUT2D eigenvalue weighted by Gasteiger charge is 2.36. The molecular formula is C20H17NO3. The number of hydrogen-bond donors (Lipinski definition) is 1. The van der Waals surface area contributed by atoms with Crippen molar-refractivity contribution in [2.45, 2.75) is 25.2 Å². The molecule has 2 heterocycles. The number of carbonyl (C=O) groups excluding carboxylic acids is 1. The maximum absolute atomic E-state index is 12.7. The van der Waals surface area contributed by atoms with Gasteiger partial charge in [0, 0.05) is 35.4 Å². The number of hydrogen-bond acceptors (Lipinski definition) is 4. The van der Waals surface area contributed by atoms with Crippen LogP contribution in [0.2, 0.25) is 0 Å². The van der Waals surface area contributed by atoms with Gasteiger partial charge in [-0.15, -0.1) is 0 Å². The molecule has 0 radical (unpaired) electrons. The lowest BCUT2D eigenvalue weighted by atomic mass is 9.75. The molecule has 24 heavy (non-hydrogen) atoms. The Balaban J connectivity index is 1.74. The molecule has 0 unspecified atom stereocenters. The van der Waals surface area contributed by atoms with Gasteiger partial charge in [-0.2, -0.15) is 0 Å². The minimum atomic E-state index is -0.0419. The number of anilines is 1. The van der Waals surface area contributed by atoms with Crippen LogP contribution in [0.4, 0.5) is 5.69 Å². The molecule has 0 aromatic heterocycles. The average Bonchev–Trinajstić information content (AvgIpc) is 3.06. The Kier molecular flexibility index (Phi) is 2.92. The van der Waals surface area contributed by atoms with Crippen molar-refractivity contribution in [2.75, 3.05) is 12.1 Å². The number of carbonyl (C=O) groups is 1. The van der Waals surface area contributed by atoms with E-state index in [1.807, 2.05) is 30.3 Å². The van der Waals surface area contributed by atoms with Gasteiger partial charge in [0.05, 0.1) is 0 Å². The lowest BCUT2D eigenvalue weighted by Gasteiger charge is -2.34. The summed E-state index contributed by atoms with van der Waals surface area (Å²) in [4.78, 5) is 12.7. The van der Waals surface area contributed by atoms with Crippen molar-refractivity contribution in [1.29, 1.82) is 0 Å². The maximum atomic E-state index is 12.7. The third-order valence-electron chi connectivity index (χ3n) is 5.02. The Hall–Kier alpha value is -2.75. The molecule has 4 heteroatoms. The van der Waals surface area contributed by atoms with E-state index in [9.17, 15) is 4.79 Å². The van der Waals surface area contributed by atoms with Crippen molar-refractivity contribution in [2.24, 2.45) is 0 Å². The molecule has 5 rings (SSSR count). The van der Waals surface area contributed by atoms with Gasteiger partial charge in [-0.1, -0.05) is 30.3 Å². The molecule has 2 aliphatic heterocycles. The number of Topliss-reactive ketones (excluding diaryl/α,β-unsaturated/α-hetero) is 1. The minimum absolute atomic E-state index is 0.0419. The zero-order chi connectivity index (χ0) is 16.1. The summed E-state index contributed by atoms with van der Waals surface area (Å²) in [6, 6.07) is 14.3. The third-order valence-corrected chi connectivity index (χ3v) is 5.02. The van der Waals surface area contributed by atoms with Crippen LogP contribution in [-0.2, 0) is 4.79 Å². The Morgan fingerprint density at radius 2 is 1.79 bits per heavy atom. The zero-order valence-electron chi connectivity index (χ0n) is 13.2. The van der Waals surface area contributed by atoms with Crippen LogP contribution < -0.4 is 14.8 Å². The molecule has 0 saturated carbocycles. The van der Waals surface area contributed by atoms with E-state index in [-0.39, 0.29) is 18.5 Å². The molecule has 2 aromatic rings. The lowest BCUT2D eigenvalue weighted by Crippen LogP contribution is -2.26. The Morgan fingerprint density at radius 3 is 2.62 bits per heavy atom. The highest BCUT2D eigenvalue weighted by Crippen LogP contribution is 2.49. The number of fused-ring (bicyclic) bond motifs is 2. The number of nitrogens with one attached hydrogen (secondary N) is 1. The summed E-state index contributed by atoms with van der Waals surface area (Å²) in [5, 5.41) is 3.48. The quantitative estimate of drug-likeness (QED) is 0.864. The first kappa shape index (κ1) is 13.7. The summed E-state index contributed by atoms with van der Waals surface area (Å²) in [5.74, 6) is 1.73. The number of ether oxygens (including phenoxy) is 2. The molecule has 120 valence electrons. The summed E-state index contributed by atoms with van der Waals surface area (Å²) < 4.78 is 11.1. The van der Waals surface area contributed by atoms with Gasteiger partial charge in [-0.3, -0.25) is 4.79 Å². The smallest absolute Gasteiger partial charge is 0.231 e. The van der Waals surface area contributed by atoms with Gasteiger partial charge in [0.25, 0.3) is 0 Å². The summed E-state index contributed by atoms with van der Waals surface area (Å²) in [7, 11) is 0. The van der Waals surface area contributed by atoms with Gasteiger partial charge in [0.2, 0.25) is 6.79 Å². The molecule has 0 fully saturated rings. The number of rotatable bonds is 1. The second-order valence-corrected chi connectivity index (χ2v) is 6.43. The molecule has 0 spiro atoms. The molecule has 1 aliphatic carbocycles. The molecule has 0 amide bonds. The summed E-state index contributed by atoms with van der Waals surface area (Å²) in [5.41, 5.74) is 5.22. The van der Waals surface area contributed by atoms with Crippen LogP contribution in [0.15, 0.2) is 53.7 Å². The molecule has 2 aromatic carbocycles. The van der Waals surface area contributed by atoms with Crippen LogP contribution in [0.5, 0.6) is 11.5 Å². The average molecular weight is 319 g/mol. The van der Waals surface area contributed by atoms with E-state index in [2.05, 4.69) is 17.4 Å². The van der Waals surface area contributed by atoms with E-state index in [1.54, 1.807) is 0 Å². The third kappa shape index (κ3) is 1.96. The predicted molar refractivity (Wildman–Crippen MR) is 90.4 cm³/mol. The number of ketones is 1. The zero-order valence-corrected chi connectivity index (χ0v) is 13.2. The van der Waals surface area contributed by atoms with Gasteiger partial charge in [0.15, 0.2) is 17.3 Å². The minimum Gasteiger partial charge on any atom is -0.454 e. The first-order valence-corrected chi connectivity index (χ1v) is 8.33. The van der Waals surface area contributed by atoms with Crippen molar-refractivity contribution in [3.63, 3.8) is 0 Å². The molecule has 0 saturated heterocycles. The maximum Gasteiger partial charge on any atom is 0.231 e. The van der Waals surface area contributed by atoms with Crippen LogP contribution >= 0.6 is 0 Å². The first-order chi connectivity index (χ1) is 11.8. The van der Waals surface area contributed by atoms with Crippen LogP contribution in [0, 0.1) is 0 Å². The topological polar surface area (TPSA) is 47.6 Å². The molecule has 4 nitrogen and oxygen atoms in total. The highest BCUT2D eigenvalue weighted by atomic mass is 16.7. The fourth-order valence-corrected chi connectivity index (χ4v) is 3.94. The van der Waals surface area contributed by atoms with Gasteiger partial charge >= 0.3 is 0 Å². The summed E-state index contributed by atoms with van der Waals surface area (Å²) >= 11 is 0. The van der Waals surface area contributed by atoms with Gasteiger partial charge < -0.3 is 14.8 Å². The monoisotopic (exact) mass is 319 g/mol. The lowest BCUT2D eigenvalue weighted by molar-refractivity contribution is -0.116. The normalized spacial score (nSPS) is 21.2. The predicted octanol–water partition coefficient (Wildman–Crippen LogP) is 3.98. The van der Waals surface area contributed by atoms with Crippen molar-refractivity contribution in [1.82, 2.24) is 0 Å². The number of allylic oxidation sites excluding steroid dienone is 2. The van der Waals surface area contributed by atoms with E-state index in [1.165, 1.54) is 0 Å². The van der Waals surface area contributed by atoms with Crippen molar-refractivity contribution in [3.05, 3.63) is 64.9 Å². The second kappa shape index (κ2) is 5.13. The van der Waals surface area contributed by atoms with Crippen LogP contribution in [0.25, 0.3) is 0 Å². The highest BCUT2D eigenvalue weighted by molar-refractivity contribution is 6.01. The largest absolute Gasteiger partial charge is 0.454 e. The van der Waals surface area contributed by atoms with Crippen molar-refractivity contribution < 1.29 is 14.3 Å². The van der Waals surface area contributed by atoms with E-state index in [0.717, 1.165) is 52.4 Å². The van der Waals surface area contributed by atoms with Crippen molar-refractivity contribution >= 4 is 11.5 Å². The van der Waals surface area contributed by atoms with Gasteiger partial charge in [-0.05, 0) is 30.0 Å². The van der Waals surface area contributed by atoms with Gasteiger partial charge in [0.1, 0.15) is 0 Å². The van der Waals surface area contributed by atoms with Crippen molar-refractivity contribution in [3.8, 4) is 11.5 Å². The van der Waals surface area contributed by atoms with Gasteiger partial charge in [-0.25, -0.2) is 0 Å². The SMILES string of the molecule is O=C1CCCC2=C1[C@@H](c1ccccc1)c1cc3c(cc1N2)OCO3. The Morgan fingerprint density at radius 1 is 1.00 bits per heavy atom. The molecular weight excluding hydrogens is 302 g/mol. The standard InChI is InChI=1S/C20H17NO3/c22-16-8-4-7-14-20(16)19(12-5-2-1-3-6-12)13-9-17-18(24-11-23-17)10-15(13)21-14/h1-3,5-6,9-10,19,21H,4,7-8,11H2/t19-/m0/s1. The molecule has 0 bridgehead atoms. The fourth-order valence-electron chi connectivity index (χ4n) is 3.94. The summed E-state index contributed by atoms with van der Waals surface area (Å²) in [6.07, 6.45) is 2.45. The van der Waals surface area contributed by atoms with E-state index in [4.69, 9.17) is 9.47 Å². The molecule has 1 atom stereocenters. The van der Waals surface area contributed by atoms with E-state index >= 15 is 0 Å². The first-order valence-electron chi connectivity index (χ1n) is 8.33. The molecule has 1 N–H and O–H groups in total. The van der Waals surface area contributed by atoms with Crippen LogP contribution in [0.1, 0.15) is 36.3 Å². The Bertz CT molecular complexity index is 870. The van der Waals surface area contributed by atoms with Crippen LogP contribution in [0.3, 0.4) is 0 Å².